The van der Waals surface area contributed by atoms with E-state index in [0.29, 0.717) is 0 Å². The predicted octanol–water partition coefficient (Wildman–Crippen LogP) is 4.16. The fourth-order valence-electron chi connectivity index (χ4n) is 1.82. The third-order valence-corrected chi connectivity index (χ3v) is 3.47. The van der Waals surface area contributed by atoms with Gasteiger partial charge in [0.15, 0.2) is 0 Å². The third kappa shape index (κ3) is 10.8. The Morgan fingerprint density at radius 1 is 0.882 bits per heavy atom. The molecule has 0 rings (SSSR count). The van der Waals surface area contributed by atoms with Gasteiger partial charge < -0.3 is 9.84 Å². The molecule has 0 aromatic heterocycles. The molecule has 2 heteroatoms. The van der Waals surface area contributed by atoms with E-state index in [4.69, 9.17) is 9.84 Å². The highest BCUT2D eigenvalue weighted by Gasteiger charge is 2.10. The van der Waals surface area contributed by atoms with Gasteiger partial charge in [-0.25, -0.2) is 0 Å². The van der Waals surface area contributed by atoms with Crippen LogP contribution in [0.1, 0.15) is 72.1 Å². The molecule has 0 saturated heterocycles. The SMILES string of the molecule is CCCCCCCCCCOC(C)C(C)CO. The zero-order valence-electron chi connectivity index (χ0n) is 12.1. The van der Waals surface area contributed by atoms with Crippen molar-refractivity contribution in [3.05, 3.63) is 0 Å². The summed E-state index contributed by atoms with van der Waals surface area (Å²) in [4.78, 5) is 0. The summed E-state index contributed by atoms with van der Waals surface area (Å²) in [7, 11) is 0. The average molecular weight is 244 g/mol. The van der Waals surface area contributed by atoms with Gasteiger partial charge in [0.1, 0.15) is 0 Å². The second-order valence-electron chi connectivity index (χ2n) is 5.21. The molecule has 0 spiro atoms. The van der Waals surface area contributed by atoms with Crippen LogP contribution >= 0.6 is 0 Å². The largest absolute Gasteiger partial charge is 0.396 e. The fraction of sp³-hybridized carbons (Fsp3) is 1.00. The van der Waals surface area contributed by atoms with Gasteiger partial charge in [-0.1, -0.05) is 58.8 Å². The smallest absolute Gasteiger partial charge is 0.0594 e. The van der Waals surface area contributed by atoms with Crippen LogP contribution in [0.2, 0.25) is 0 Å². The van der Waals surface area contributed by atoms with Crippen molar-refractivity contribution in [1.82, 2.24) is 0 Å². The Morgan fingerprint density at radius 3 is 1.94 bits per heavy atom. The topological polar surface area (TPSA) is 29.5 Å². The van der Waals surface area contributed by atoms with Gasteiger partial charge in [0, 0.05) is 19.1 Å². The maximum absolute atomic E-state index is 8.97. The number of hydrogen-bond acceptors (Lipinski definition) is 2. The fourth-order valence-corrected chi connectivity index (χ4v) is 1.82. The average Bonchev–Trinajstić information content (AvgIpc) is 2.35. The van der Waals surface area contributed by atoms with E-state index in [1.54, 1.807) is 0 Å². The molecule has 1 N–H and O–H groups in total. The third-order valence-electron chi connectivity index (χ3n) is 3.47. The molecule has 0 fully saturated rings. The van der Waals surface area contributed by atoms with E-state index in [0.717, 1.165) is 13.0 Å². The second-order valence-corrected chi connectivity index (χ2v) is 5.21. The first-order valence-corrected chi connectivity index (χ1v) is 7.44. The van der Waals surface area contributed by atoms with Gasteiger partial charge in [0.2, 0.25) is 0 Å². The van der Waals surface area contributed by atoms with Gasteiger partial charge in [-0.15, -0.1) is 0 Å². The molecule has 0 aliphatic carbocycles. The summed E-state index contributed by atoms with van der Waals surface area (Å²) in [6, 6.07) is 0. The molecular formula is C15H32O2. The highest BCUT2D eigenvalue weighted by atomic mass is 16.5. The maximum atomic E-state index is 8.97. The molecule has 0 heterocycles. The quantitative estimate of drug-likeness (QED) is 0.522. The second kappa shape index (κ2) is 12.4. The highest BCUT2D eigenvalue weighted by Crippen LogP contribution is 2.10. The molecule has 0 bridgehead atoms. The summed E-state index contributed by atoms with van der Waals surface area (Å²) in [6.45, 7) is 7.40. The number of ether oxygens (including phenoxy) is 1. The lowest BCUT2D eigenvalue weighted by atomic mass is 10.1. The molecule has 0 amide bonds. The lowest BCUT2D eigenvalue weighted by molar-refractivity contribution is 0.0101. The number of unbranched alkanes of at least 4 members (excludes halogenated alkanes) is 7. The summed E-state index contributed by atoms with van der Waals surface area (Å²) in [5.74, 6) is 0.254. The molecule has 0 aromatic rings. The number of aliphatic hydroxyl groups is 1. The van der Waals surface area contributed by atoms with Crippen molar-refractivity contribution in [2.45, 2.75) is 78.2 Å². The Kier molecular flexibility index (Phi) is 12.3. The summed E-state index contributed by atoms with van der Waals surface area (Å²) in [6.07, 6.45) is 10.9. The molecule has 104 valence electrons. The van der Waals surface area contributed by atoms with Gasteiger partial charge >= 0.3 is 0 Å². The maximum Gasteiger partial charge on any atom is 0.0594 e. The van der Waals surface area contributed by atoms with Crippen LogP contribution in [0.25, 0.3) is 0 Å². The molecule has 2 atom stereocenters. The highest BCUT2D eigenvalue weighted by molar-refractivity contribution is 4.59. The van der Waals surface area contributed by atoms with Crippen LogP contribution in [-0.2, 0) is 4.74 Å². The molecule has 0 saturated carbocycles. The first kappa shape index (κ1) is 16.9. The number of rotatable bonds is 12. The molecular weight excluding hydrogens is 212 g/mol. The van der Waals surface area contributed by atoms with E-state index < -0.39 is 0 Å². The molecule has 0 aliphatic rings. The Morgan fingerprint density at radius 2 is 1.41 bits per heavy atom. The van der Waals surface area contributed by atoms with E-state index >= 15 is 0 Å². The van der Waals surface area contributed by atoms with Crippen molar-refractivity contribution in [2.75, 3.05) is 13.2 Å². The normalized spacial score (nSPS) is 14.8. The summed E-state index contributed by atoms with van der Waals surface area (Å²) in [5, 5.41) is 8.97. The minimum absolute atomic E-state index is 0.185. The molecule has 2 unspecified atom stereocenters. The van der Waals surface area contributed by atoms with Crippen LogP contribution in [0, 0.1) is 5.92 Å². The van der Waals surface area contributed by atoms with Crippen LogP contribution in [0.3, 0.4) is 0 Å². The summed E-state index contributed by atoms with van der Waals surface area (Å²) in [5.41, 5.74) is 0. The van der Waals surface area contributed by atoms with E-state index in [-0.39, 0.29) is 18.6 Å². The van der Waals surface area contributed by atoms with E-state index in [9.17, 15) is 0 Å². The summed E-state index contributed by atoms with van der Waals surface area (Å²) >= 11 is 0. The Balaban J connectivity index is 3.13. The minimum atomic E-state index is 0.185. The Bertz CT molecular complexity index is 148. The van der Waals surface area contributed by atoms with E-state index in [1.807, 2.05) is 13.8 Å². The minimum Gasteiger partial charge on any atom is -0.396 e. The number of hydrogen-bond donors (Lipinski definition) is 1. The van der Waals surface area contributed by atoms with E-state index in [2.05, 4.69) is 6.92 Å². The van der Waals surface area contributed by atoms with Crippen LogP contribution in [0.15, 0.2) is 0 Å². The monoisotopic (exact) mass is 244 g/mol. The molecule has 2 nitrogen and oxygen atoms in total. The van der Waals surface area contributed by atoms with Crippen LogP contribution in [0.5, 0.6) is 0 Å². The summed E-state index contributed by atoms with van der Waals surface area (Å²) < 4.78 is 5.68. The lowest BCUT2D eigenvalue weighted by Gasteiger charge is -2.18. The molecule has 0 aliphatic heterocycles. The van der Waals surface area contributed by atoms with Crippen LogP contribution in [-0.4, -0.2) is 24.4 Å². The molecule has 0 radical (unpaired) electrons. The van der Waals surface area contributed by atoms with E-state index in [1.165, 1.54) is 44.9 Å². The van der Waals surface area contributed by atoms with Crippen LogP contribution < -0.4 is 0 Å². The van der Waals surface area contributed by atoms with Gasteiger partial charge in [0.05, 0.1) is 6.10 Å². The van der Waals surface area contributed by atoms with Crippen molar-refractivity contribution < 1.29 is 9.84 Å². The predicted molar refractivity (Wildman–Crippen MR) is 74.3 cm³/mol. The standard InChI is InChI=1S/C15H32O2/c1-4-5-6-7-8-9-10-11-12-17-15(3)14(2)13-16/h14-16H,4-13H2,1-3H3. The van der Waals surface area contributed by atoms with Crippen molar-refractivity contribution in [2.24, 2.45) is 5.92 Å². The van der Waals surface area contributed by atoms with Crippen molar-refractivity contribution in [1.29, 1.82) is 0 Å². The first-order chi connectivity index (χ1) is 8.22. The molecule has 17 heavy (non-hydrogen) atoms. The van der Waals surface area contributed by atoms with Gasteiger partial charge in [0.25, 0.3) is 0 Å². The number of aliphatic hydroxyl groups excluding tert-OH is 1. The van der Waals surface area contributed by atoms with Crippen molar-refractivity contribution >= 4 is 0 Å². The van der Waals surface area contributed by atoms with Crippen LogP contribution in [0.4, 0.5) is 0 Å². The van der Waals surface area contributed by atoms with Gasteiger partial charge in [-0.05, 0) is 13.3 Å². The van der Waals surface area contributed by atoms with Crippen molar-refractivity contribution in [3.63, 3.8) is 0 Å². The zero-order chi connectivity index (χ0) is 12.9. The molecule has 0 aromatic carbocycles. The lowest BCUT2D eigenvalue weighted by Crippen LogP contribution is -2.21. The first-order valence-electron chi connectivity index (χ1n) is 7.44. The zero-order valence-corrected chi connectivity index (χ0v) is 12.1. The Hall–Kier alpha value is -0.0800. The van der Waals surface area contributed by atoms with Gasteiger partial charge in [-0.2, -0.15) is 0 Å². The van der Waals surface area contributed by atoms with Gasteiger partial charge in [-0.3, -0.25) is 0 Å². The van der Waals surface area contributed by atoms with Crippen molar-refractivity contribution in [3.8, 4) is 0 Å². The Labute approximate surface area is 108 Å².